The van der Waals surface area contributed by atoms with Crippen LogP contribution in [-0.4, -0.2) is 5.97 Å². The fraction of sp³-hybridized carbons (Fsp3) is 0.263. The van der Waals surface area contributed by atoms with Gasteiger partial charge >= 0.3 is 5.97 Å². The van der Waals surface area contributed by atoms with Gasteiger partial charge in [0.2, 0.25) is 0 Å². The molecule has 3 nitrogen and oxygen atoms in total. The van der Waals surface area contributed by atoms with Crippen LogP contribution in [0.4, 0.5) is 0 Å². The molecule has 112 valence electrons. The Morgan fingerprint density at radius 3 is 2.32 bits per heavy atom. The quantitative estimate of drug-likeness (QED) is 0.607. The fourth-order valence-electron chi connectivity index (χ4n) is 2.09. The van der Waals surface area contributed by atoms with E-state index in [1.807, 2.05) is 18.2 Å². The van der Waals surface area contributed by atoms with Crippen LogP contribution in [0.2, 0.25) is 0 Å². The molecule has 0 heterocycles. The zero-order valence-electron chi connectivity index (χ0n) is 12.9. The van der Waals surface area contributed by atoms with Crippen LogP contribution in [0.5, 0.6) is 5.75 Å². The third kappa shape index (κ3) is 4.20. The standard InChI is InChI=1S/C19H19NO2/c1-3-14(2)12-15-4-8-17(9-5-15)19(21)22-18-10-6-16(13-20)7-11-18/h4-11,14H,3,12H2,1-2H3/t14-/m0/s1. The lowest BCUT2D eigenvalue weighted by molar-refractivity contribution is 0.0735. The van der Waals surface area contributed by atoms with Crippen LogP contribution >= 0.6 is 0 Å². The summed E-state index contributed by atoms with van der Waals surface area (Å²) in [7, 11) is 0. The molecule has 0 amide bonds. The number of nitriles is 1. The lowest BCUT2D eigenvalue weighted by Gasteiger charge is -2.09. The largest absolute Gasteiger partial charge is 0.423 e. The molecule has 2 aromatic carbocycles. The van der Waals surface area contributed by atoms with E-state index in [4.69, 9.17) is 10.00 Å². The van der Waals surface area contributed by atoms with Crippen molar-refractivity contribution in [1.29, 1.82) is 5.26 Å². The Hall–Kier alpha value is -2.60. The molecular weight excluding hydrogens is 274 g/mol. The van der Waals surface area contributed by atoms with Gasteiger partial charge in [-0.05, 0) is 54.3 Å². The molecule has 0 aromatic heterocycles. The molecule has 0 saturated heterocycles. The first-order valence-electron chi connectivity index (χ1n) is 7.43. The highest BCUT2D eigenvalue weighted by molar-refractivity contribution is 5.91. The van der Waals surface area contributed by atoms with Crippen LogP contribution in [0.25, 0.3) is 0 Å². The molecule has 0 aliphatic rings. The highest BCUT2D eigenvalue weighted by Crippen LogP contribution is 2.16. The van der Waals surface area contributed by atoms with E-state index < -0.39 is 0 Å². The summed E-state index contributed by atoms with van der Waals surface area (Å²) in [4.78, 5) is 12.1. The molecule has 1 atom stereocenters. The molecule has 0 bridgehead atoms. The summed E-state index contributed by atoms with van der Waals surface area (Å²) in [5.74, 6) is 0.684. The van der Waals surface area contributed by atoms with Crippen molar-refractivity contribution in [2.45, 2.75) is 26.7 Å². The van der Waals surface area contributed by atoms with Crippen molar-refractivity contribution in [3.05, 3.63) is 65.2 Å². The second kappa shape index (κ2) is 7.42. The summed E-state index contributed by atoms with van der Waals surface area (Å²) >= 11 is 0. The highest BCUT2D eigenvalue weighted by atomic mass is 16.5. The second-order valence-electron chi connectivity index (χ2n) is 5.44. The molecule has 22 heavy (non-hydrogen) atoms. The smallest absolute Gasteiger partial charge is 0.343 e. The van der Waals surface area contributed by atoms with Crippen LogP contribution in [0.3, 0.4) is 0 Å². The summed E-state index contributed by atoms with van der Waals surface area (Å²) in [6.45, 7) is 4.39. The minimum absolute atomic E-state index is 0.389. The monoisotopic (exact) mass is 293 g/mol. The van der Waals surface area contributed by atoms with E-state index in [0.717, 1.165) is 12.8 Å². The third-order valence-electron chi connectivity index (χ3n) is 3.66. The predicted molar refractivity (Wildman–Crippen MR) is 85.7 cm³/mol. The molecular formula is C19H19NO2. The normalized spacial score (nSPS) is 11.5. The Kier molecular flexibility index (Phi) is 5.32. The van der Waals surface area contributed by atoms with Gasteiger partial charge in [0.25, 0.3) is 0 Å². The molecule has 0 fully saturated rings. The minimum Gasteiger partial charge on any atom is -0.423 e. The first kappa shape index (κ1) is 15.8. The molecule has 0 saturated carbocycles. The zero-order chi connectivity index (χ0) is 15.9. The van der Waals surface area contributed by atoms with Crippen molar-refractivity contribution < 1.29 is 9.53 Å². The van der Waals surface area contributed by atoms with Crippen molar-refractivity contribution in [3.63, 3.8) is 0 Å². The van der Waals surface area contributed by atoms with E-state index in [2.05, 4.69) is 13.8 Å². The van der Waals surface area contributed by atoms with Gasteiger partial charge in [-0.3, -0.25) is 0 Å². The Labute approximate surface area is 131 Å². The SMILES string of the molecule is CC[C@H](C)Cc1ccc(C(=O)Oc2ccc(C#N)cc2)cc1. The maximum atomic E-state index is 12.1. The van der Waals surface area contributed by atoms with Gasteiger partial charge in [0.05, 0.1) is 17.2 Å². The zero-order valence-corrected chi connectivity index (χ0v) is 12.9. The minimum atomic E-state index is -0.389. The highest BCUT2D eigenvalue weighted by Gasteiger charge is 2.09. The van der Waals surface area contributed by atoms with Gasteiger partial charge in [-0.1, -0.05) is 32.4 Å². The number of esters is 1. The van der Waals surface area contributed by atoms with Crippen LogP contribution in [0.1, 0.15) is 41.8 Å². The molecule has 2 rings (SSSR count). The molecule has 0 aliphatic heterocycles. The number of carbonyl (C=O) groups excluding carboxylic acids is 1. The Balaban J connectivity index is 2.01. The van der Waals surface area contributed by atoms with Crippen LogP contribution < -0.4 is 4.74 Å². The van der Waals surface area contributed by atoms with Gasteiger partial charge in [0.1, 0.15) is 5.75 Å². The number of nitrogens with zero attached hydrogens (tertiary/aromatic N) is 1. The van der Waals surface area contributed by atoms with Gasteiger partial charge in [-0.2, -0.15) is 5.26 Å². The summed E-state index contributed by atoms with van der Waals surface area (Å²) in [5, 5.41) is 8.74. The first-order valence-corrected chi connectivity index (χ1v) is 7.43. The average molecular weight is 293 g/mol. The second-order valence-corrected chi connectivity index (χ2v) is 5.44. The molecule has 0 spiro atoms. The van der Waals surface area contributed by atoms with Crippen LogP contribution in [0.15, 0.2) is 48.5 Å². The van der Waals surface area contributed by atoms with Crippen molar-refractivity contribution in [1.82, 2.24) is 0 Å². The number of hydrogen-bond donors (Lipinski definition) is 0. The molecule has 0 unspecified atom stereocenters. The fourth-order valence-corrected chi connectivity index (χ4v) is 2.09. The number of rotatable bonds is 5. The van der Waals surface area contributed by atoms with E-state index in [0.29, 0.717) is 22.8 Å². The lowest BCUT2D eigenvalue weighted by Crippen LogP contribution is -2.08. The Morgan fingerprint density at radius 2 is 1.77 bits per heavy atom. The summed E-state index contributed by atoms with van der Waals surface area (Å²) in [6, 6.07) is 16.0. The molecule has 0 radical (unpaired) electrons. The van der Waals surface area contributed by atoms with Crippen molar-refractivity contribution in [3.8, 4) is 11.8 Å². The van der Waals surface area contributed by atoms with E-state index in [-0.39, 0.29) is 5.97 Å². The summed E-state index contributed by atoms with van der Waals surface area (Å²) < 4.78 is 5.29. The molecule has 2 aromatic rings. The van der Waals surface area contributed by atoms with Crippen LogP contribution in [0, 0.1) is 17.2 Å². The van der Waals surface area contributed by atoms with E-state index in [9.17, 15) is 4.79 Å². The number of ether oxygens (including phenoxy) is 1. The third-order valence-corrected chi connectivity index (χ3v) is 3.66. The van der Waals surface area contributed by atoms with Crippen molar-refractivity contribution in [2.24, 2.45) is 5.92 Å². The summed E-state index contributed by atoms with van der Waals surface area (Å²) in [5.41, 5.74) is 2.29. The first-order chi connectivity index (χ1) is 10.6. The van der Waals surface area contributed by atoms with Gasteiger partial charge in [-0.25, -0.2) is 4.79 Å². The predicted octanol–water partition coefficient (Wildman–Crippen LogP) is 4.37. The van der Waals surface area contributed by atoms with E-state index in [1.54, 1.807) is 36.4 Å². The Morgan fingerprint density at radius 1 is 1.14 bits per heavy atom. The lowest BCUT2D eigenvalue weighted by atomic mass is 9.98. The maximum Gasteiger partial charge on any atom is 0.343 e. The van der Waals surface area contributed by atoms with Crippen LogP contribution in [-0.2, 0) is 6.42 Å². The number of carbonyl (C=O) groups is 1. The Bertz CT molecular complexity index is 666. The van der Waals surface area contributed by atoms with Gasteiger partial charge in [0, 0.05) is 0 Å². The molecule has 0 N–H and O–H groups in total. The van der Waals surface area contributed by atoms with E-state index >= 15 is 0 Å². The number of hydrogen-bond acceptors (Lipinski definition) is 3. The van der Waals surface area contributed by atoms with Gasteiger partial charge in [-0.15, -0.1) is 0 Å². The number of benzene rings is 2. The average Bonchev–Trinajstić information content (AvgIpc) is 2.56. The topological polar surface area (TPSA) is 50.1 Å². The van der Waals surface area contributed by atoms with E-state index in [1.165, 1.54) is 5.56 Å². The van der Waals surface area contributed by atoms with Crippen molar-refractivity contribution >= 4 is 5.97 Å². The molecule has 3 heteroatoms. The summed E-state index contributed by atoms with van der Waals surface area (Å²) in [6.07, 6.45) is 2.16. The van der Waals surface area contributed by atoms with Gasteiger partial charge in [0.15, 0.2) is 0 Å². The maximum absolute atomic E-state index is 12.1. The van der Waals surface area contributed by atoms with Gasteiger partial charge < -0.3 is 4.74 Å². The van der Waals surface area contributed by atoms with Crippen molar-refractivity contribution in [2.75, 3.05) is 0 Å². The molecule has 0 aliphatic carbocycles.